The fraction of sp³-hybridized carbons (Fsp3) is 0.571. The van der Waals surface area contributed by atoms with Gasteiger partial charge < -0.3 is 15.8 Å². The van der Waals surface area contributed by atoms with E-state index in [2.05, 4.69) is 17.4 Å². The van der Waals surface area contributed by atoms with Crippen LogP contribution in [-0.4, -0.2) is 20.2 Å². The molecule has 18 heavy (non-hydrogen) atoms. The number of benzene rings is 1. The second-order valence-electron chi connectivity index (χ2n) is 5.33. The summed E-state index contributed by atoms with van der Waals surface area (Å²) in [6.07, 6.45) is 3.48. The Balaban J connectivity index is 0.00000120. The quantitative estimate of drug-likeness (QED) is 0.820. The topological polar surface area (TPSA) is 47.3 Å². The monoisotopic (exact) mass is 268 g/mol. The molecule has 2 aliphatic rings. The van der Waals surface area contributed by atoms with Crippen LogP contribution in [0.15, 0.2) is 18.2 Å². The zero-order chi connectivity index (χ0) is 11.9. The molecule has 1 spiro atoms. The van der Waals surface area contributed by atoms with Crippen molar-refractivity contribution in [2.75, 3.05) is 20.2 Å². The van der Waals surface area contributed by atoms with Crippen molar-refractivity contribution in [2.24, 2.45) is 11.1 Å². The highest BCUT2D eigenvalue weighted by Crippen LogP contribution is 2.50. The molecule has 1 aliphatic carbocycles. The normalized spacial score (nSPS) is 24.4. The maximum Gasteiger partial charge on any atom is 0.119 e. The number of fused-ring (bicyclic) bond motifs is 1. The molecule has 1 aromatic carbocycles. The summed E-state index contributed by atoms with van der Waals surface area (Å²) in [6, 6.07) is 6.53. The molecule has 0 unspecified atom stereocenters. The van der Waals surface area contributed by atoms with Crippen LogP contribution >= 0.6 is 12.4 Å². The van der Waals surface area contributed by atoms with Gasteiger partial charge >= 0.3 is 0 Å². The van der Waals surface area contributed by atoms with Crippen molar-refractivity contribution in [3.63, 3.8) is 0 Å². The zero-order valence-electron chi connectivity index (χ0n) is 10.7. The highest BCUT2D eigenvalue weighted by atomic mass is 35.5. The standard InChI is InChI=1S/C14H20N2O.ClH/c1-17-11-2-3-12-10(8-11)9-14(13(12)15)4-6-16-7-5-14;/h2-3,8,13,16H,4-7,9,15H2,1H3;1H/t13-;/m1./s1. The lowest BCUT2D eigenvalue weighted by atomic mass is 9.73. The number of hydrogen-bond donors (Lipinski definition) is 2. The SMILES string of the molecule is COc1ccc2c(c1)CC1(CCNCC1)[C@@H]2N.Cl. The molecule has 0 bridgehead atoms. The van der Waals surface area contributed by atoms with Crippen LogP contribution in [0.1, 0.15) is 30.0 Å². The number of nitrogens with one attached hydrogen (secondary N) is 1. The predicted molar refractivity (Wildman–Crippen MR) is 75.4 cm³/mol. The Morgan fingerprint density at radius 2 is 2.06 bits per heavy atom. The Morgan fingerprint density at radius 1 is 1.33 bits per heavy atom. The molecule has 4 heteroatoms. The van der Waals surface area contributed by atoms with Crippen LogP contribution in [0.25, 0.3) is 0 Å². The Hall–Kier alpha value is -0.770. The molecule has 3 N–H and O–H groups in total. The summed E-state index contributed by atoms with van der Waals surface area (Å²) in [5.41, 5.74) is 9.48. The maximum absolute atomic E-state index is 6.48. The van der Waals surface area contributed by atoms with E-state index in [1.54, 1.807) is 7.11 Å². The molecule has 100 valence electrons. The highest BCUT2D eigenvalue weighted by molar-refractivity contribution is 5.85. The maximum atomic E-state index is 6.48. The van der Waals surface area contributed by atoms with Gasteiger partial charge in [0.05, 0.1) is 7.11 Å². The van der Waals surface area contributed by atoms with Gasteiger partial charge in [-0.2, -0.15) is 0 Å². The number of methoxy groups -OCH3 is 1. The number of hydrogen-bond acceptors (Lipinski definition) is 3. The van der Waals surface area contributed by atoms with Crippen LogP contribution in [0.2, 0.25) is 0 Å². The summed E-state index contributed by atoms with van der Waals surface area (Å²) >= 11 is 0. The molecule has 3 nitrogen and oxygen atoms in total. The van der Waals surface area contributed by atoms with Gasteiger partial charge in [0.25, 0.3) is 0 Å². The molecule has 1 aromatic rings. The summed E-state index contributed by atoms with van der Waals surface area (Å²) in [5, 5.41) is 3.43. The number of halogens is 1. The summed E-state index contributed by atoms with van der Waals surface area (Å²) in [6.45, 7) is 2.19. The van der Waals surface area contributed by atoms with Crippen molar-refractivity contribution >= 4 is 12.4 Å². The fourth-order valence-corrected chi connectivity index (χ4v) is 3.40. The smallest absolute Gasteiger partial charge is 0.119 e. The first kappa shape index (κ1) is 13.7. The van der Waals surface area contributed by atoms with Crippen molar-refractivity contribution in [3.05, 3.63) is 29.3 Å². The van der Waals surface area contributed by atoms with Gasteiger partial charge in [0, 0.05) is 6.04 Å². The molecule has 1 aliphatic heterocycles. The minimum Gasteiger partial charge on any atom is -0.497 e. The second kappa shape index (κ2) is 5.08. The zero-order valence-corrected chi connectivity index (χ0v) is 11.6. The van der Waals surface area contributed by atoms with Crippen LogP contribution in [0, 0.1) is 5.41 Å². The Labute approximate surface area is 114 Å². The van der Waals surface area contributed by atoms with Crippen LogP contribution in [0.4, 0.5) is 0 Å². The first-order chi connectivity index (χ1) is 8.25. The van der Waals surface area contributed by atoms with Gasteiger partial charge in [-0.05, 0) is 61.0 Å². The van der Waals surface area contributed by atoms with E-state index in [0.717, 1.165) is 25.3 Å². The molecule has 0 saturated carbocycles. The van der Waals surface area contributed by atoms with Crippen molar-refractivity contribution in [2.45, 2.75) is 25.3 Å². The highest BCUT2D eigenvalue weighted by Gasteiger charge is 2.44. The third-order valence-corrected chi connectivity index (χ3v) is 4.49. The summed E-state index contributed by atoms with van der Waals surface area (Å²) < 4.78 is 5.30. The van der Waals surface area contributed by atoms with Crippen molar-refractivity contribution in [1.82, 2.24) is 5.32 Å². The minimum atomic E-state index is 0. The van der Waals surface area contributed by atoms with E-state index in [-0.39, 0.29) is 18.4 Å². The van der Waals surface area contributed by atoms with Gasteiger partial charge in [0.15, 0.2) is 0 Å². The largest absolute Gasteiger partial charge is 0.497 e. The molecule has 0 aromatic heterocycles. The van der Waals surface area contributed by atoms with Gasteiger partial charge in [-0.1, -0.05) is 6.07 Å². The molecule has 1 heterocycles. The van der Waals surface area contributed by atoms with E-state index in [1.165, 1.54) is 24.0 Å². The Morgan fingerprint density at radius 3 is 2.72 bits per heavy atom. The molecular formula is C14H21ClN2O. The van der Waals surface area contributed by atoms with E-state index in [9.17, 15) is 0 Å². The van der Waals surface area contributed by atoms with Crippen LogP contribution < -0.4 is 15.8 Å². The van der Waals surface area contributed by atoms with E-state index in [4.69, 9.17) is 10.5 Å². The second-order valence-corrected chi connectivity index (χ2v) is 5.33. The third-order valence-electron chi connectivity index (χ3n) is 4.49. The first-order valence-electron chi connectivity index (χ1n) is 6.38. The molecule has 3 rings (SSSR count). The summed E-state index contributed by atoms with van der Waals surface area (Å²) in [5.74, 6) is 0.946. The van der Waals surface area contributed by atoms with Crippen LogP contribution in [0.5, 0.6) is 5.75 Å². The Kier molecular flexibility index (Phi) is 3.85. The molecule has 1 fully saturated rings. The fourth-order valence-electron chi connectivity index (χ4n) is 3.40. The molecule has 0 amide bonds. The Bertz CT molecular complexity index is 430. The lowest BCUT2D eigenvalue weighted by molar-refractivity contribution is 0.174. The van der Waals surface area contributed by atoms with Crippen molar-refractivity contribution in [1.29, 1.82) is 0 Å². The predicted octanol–water partition coefficient (Wildman–Crippen LogP) is 2.04. The molecule has 1 saturated heterocycles. The average molecular weight is 269 g/mol. The van der Waals surface area contributed by atoms with Gasteiger partial charge in [0.1, 0.15) is 5.75 Å². The number of rotatable bonds is 1. The van der Waals surface area contributed by atoms with Crippen LogP contribution in [-0.2, 0) is 6.42 Å². The summed E-state index contributed by atoms with van der Waals surface area (Å²) in [7, 11) is 1.72. The van der Waals surface area contributed by atoms with Gasteiger partial charge in [0.2, 0.25) is 0 Å². The van der Waals surface area contributed by atoms with Gasteiger partial charge in [-0.3, -0.25) is 0 Å². The lowest BCUT2D eigenvalue weighted by Crippen LogP contribution is -2.41. The number of ether oxygens (including phenoxy) is 1. The number of nitrogens with two attached hydrogens (primary N) is 1. The molecular weight excluding hydrogens is 248 g/mol. The van der Waals surface area contributed by atoms with E-state index in [0.29, 0.717) is 5.41 Å². The molecule has 0 radical (unpaired) electrons. The van der Waals surface area contributed by atoms with E-state index in [1.807, 2.05) is 6.07 Å². The van der Waals surface area contributed by atoms with Crippen molar-refractivity contribution < 1.29 is 4.74 Å². The van der Waals surface area contributed by atoms with E-state index >= 15 is 0 Å². The number of piperidine rings is 1. The third kappa shape index (κ3) is 2.00. The molecule has 1 atom stereocenters. The van der Waals surface area contributed by atoms with E-state index < -0.39 is 0 Å². The van der Waals surface area contributed by atoms with Gasteiger partial charge in [-0.25, -0.2) is 0 Å². The van der Waals surface area contributed by atoms with Crippen LogP contribution in [0.3, 0.4) is 0 Å². The van der Waals surface area contributed by atoms with Gasteiger partial charge in [-0.15, -0.1) is 12.4 Å². The average Bonchev–Trinajstić information content (AvgIpc) is 2.63. The van der Waals surface area contributed by atoms with Crippen molar-refractivity contribution in [3.8, 4) is 5.75 Å². The first-order valence-corrected chi connectivity index (χ1v) is 6.38. The minimum absolute atomic E-state index is 0. The summed E-state index contributed by atoms with van der Waals surface area (Å²) in [4.78, 5) is 0. The lowest BCUT2D eigenvalue weighted by Gasteiger charge is -2.37.